The molecule has 31 heavy (non-hydrogen) atoms. The molecule has 8 heteroatoms. The molecule has 1 saturated heterocycles. The first-order valence-electron chi connectivity index (χ1n) is 10.2. The van der Waals surface area contributed by atoms with Crippen LogP contribution in [0.2, 0.25) is 0 Å². The first-order chi connectivity index (χ1) is 15.3. The molecule has 7 nitrogen and oxygen atoms in total. The summed E-state index contributed by atoms with van der Waals surface area (Å²) in [5, 5.41) is 7.04. The van der Waals surface area contributed by atoms with E-state index in [1.807, 2.05) is 53.9 Å². The Labute approximate surface area is 185 Å². The average molecular weight is 440 g/mol. The molecule has 0 amide bonds. The molecule has 0 spiro atoms. The van der Waals surface area contributed by atoms with Crippen molar-refractivity contribution in [3.05, 3.63) is 59.5 Å². The van der Waals surface area contributed by atoms with E-state index in [0.717, 1.165) is 41.6 Å². The van der Waals surface area contributed by atoms with Crippen molar-refractivity contribution >= 4 is 22.7 Å². The second-order valence-corrected chi connectivity index (χ2v) is 7.70. The first kappa shape index (κ1) is 21.3. The van der Waals surface area contributed by atoms with E-state index >= 15 is 0 Å². The number of methoxy groups -OCH3 is 1. The van der Waals surface area contributed by atoms with Crippen molar-refractivity contribution in [2.75, 3.05) is 32.4 Å². The molecule has 0 saturated carbocycles. The Kier molecular flexibility index (Phi) is 7.49. The van der Waals surface area contributed by atoms with Crippen molar-refractivity contribution in [1.29, 1.82) is 0 Å². The van der Waals surface area contributed by atoms with Gasteiger partial charge in [0.25, 0.3) is 0 Å². The lowest BCUT2D eigenvalue weighted by atomic mass is 10.2. The van der Waals surface area contributed by atoms with E-state index < -0.39 is 0 Å². The number of hydrogen-bond acceptors (Lipinski definition) is 8. The number of nitrogens with one attached hydrogen (secondary N) is 1. The van der Waals surface area contributed by atoms with E-state index in [1.165, 1.54) is 11.3 Å². The lowest BCUT2D eigenvalue weighted by Crippen LogP contribution is -2.26. The molecular weight excluding hydrogens is 414 g/mol. The third-order valence-electron chi connectivity index (χ3n) is 4.64. The number of aromatic nitrogens is 1. The molecule has 162 valence electrons. The van der Waals surface area contributed by atoms with Crippen molar-refractivity contribution in [1.82, 2.24) is 4.98 Å². The number of rotatable bonds is 9. The van der Waals surface area contributed by atoms with Gasteiger partial charge >= 0.3 is 0 Å². The standard InChI is InChI=1S/C23H25N3O4S/c1-27-20-9-8-17(14-21(20)28-13-10-22-29-11-5-12-30-22)15-24-26-23-25-19(16-31-23)18-6-3-2-4-7-18/h2-4,6-9,14-16,22H,5,10-13H2,1H3,(H,25,26). The Hall–Kier alpha value is -2.94. The molecule has 0 bridgehead atoms. The van der Waals surface area contributed by atoms with Crippen LogP contribution in [-0.2, 0) is 9.47 Å². The summed E-state index contributed by atoms with van der Waals surface area (Å²) in [5.41, 5.74) is 5.88. The third-order valence-corrected chi connectivity index (χ3v) is 5.39. The van der Waals surface area contributed by atoms with Crippen LogP contribution in [0.5, 0.6) is 11.5 Å². The van der Waals surface area contributed by atoms with Gasteiger partial charge in [0.2, 0.25) is 5.13 Å². The van der Waals surface area contributed by atoms with Gasteiger partial charge in [-0.25, -0.2) is 4.98 Å². The van der Waals surface area contributed by atoms with Crippen LogP contribution in [0.1, 0.15) is 18.4 Å². The number of ether oxygens (including phenoxy) is 4. The fraction of sp³-hybridized carbons (Fsp3) is 0.304. The van der Waals surface area contributed by atoms with Gasteiger partial charge in [0.1, 0.15) is 0 Å². The second kappa shape index (κ2) is 10.9. The fourth-order valence-electron chi connectivity index (χ4n) is 3.08. The topological polar surface area (TPSA) is 74.2 Å². The molecule has 3 aromatic rings. The van der Waals surface area contributed by atoms with Crippen molar-refractivity contribution < 1.29 is 18.9 Å². The maximum atomic E-state index is 5.91. The zero-order valence-electron chi connectivity index (χ0n) is 17.3. The Morgan fingerprint density at radius 2 is 2.00 bits per heavy atom. The van der Waals surface area contributed by atoms with Gasteiger partial charge in [-0.05, 0) is 30.2 Å². The van der Waals surface area contributed by atoms with Crippen LogP contribution in [0.15, 0.2) is 59.0 Å². The molecule has 0 unspecified atom stereocenters. The van der Waals surface area contributed by atoms with Gasteiger partial charge in [-0.15, -0.1) is 11.3 Å². The van der Waals surface area contributed by atoms with E-state index in [2.05, 4.69) is 15.5 Å². The molecule has 1 aliphatic heterocycles. The summed E-state index contributed by atoms with van der Waals surface area (Å²) in [4.78, 5) is 4.57. The van der Waals surface area contributed by atoms with Crippen LogP contribution in [0.3, 0.4) is 0 Å². The predicted octanol–water partition coefficient (Wildman–Crippen LogP) is 4.80. The predicted molar refractivity (Wildman–Crippen MR) is 122 cm³/mol. The Morgan fingerprint density at radius 3 is 2.81 bits per heavy atom. The van der Waals surface area contributed by atoms with Gasteiger partial charge in [-0.3, -0.25) is 5.43 Å². The smallest absolute Gasteiger partial charge is 0.203 e. The quantitative estimate of drug-likeness (QED) is 0.381. The van der Waals surface area contributed by atoms with Gasteiger partial charge in [0, 0.05) is 17.4 Å². The van der Waals surface area contributed by atoms with Gasteiger partial charge in [-0.2, -0.15) is 5.10 Å². The lowest BCUT2D eigenvalue weighted by Gasteiger charge is -2.23. The molecule has 1 aromatic heterocycles. The minimum atomic E-state index is -0.201. The maximum absolute atomic E-state index is 5.91. The molecular formula is C23H25N3O4S. The highest BCUT2D eigenvalue weighted by Crippen LogP contribution is 2.28. The van der Waals surface area contributed by atoms with E-state index in [9.17, 15) is 0 Å². The van der Waals surface area contributed by atoms with Crippen molar-refractivity contribution in [2.45, 2.75) is 19.1 Å². The van der Waals surface area contributed by atoms with Crippen molar-refractivity contribution in [3.63, 3.8) is 0 Å². The molecule has 0 radical (unpaired) electrons. The number of nitrogens with zero attached hydrogens (tertiary/aromatic N) is 2. The van der Waals surface area contributed by atoms with Crippen LogP contribution in [0.25, 0.3) is 11.3 Å². The minimum absolute atomic E-state index is 0.201. The van der Waals surface area contributed by atoms with Crippen molar-refractivity contribution in [3.8, 4) is 22.8 Å². The summed E-state index contributed by atoms with van der Waals surface area (Å²) in [5.74, 6) is 1.32. The van der Waals surface area contributed by atoms with Gasteiger partial charge in [0.15, 0.2) is 17.8 Å². The average Bonchev–Trinajstić information content (AvgIpc) is 3.30. The van der Waals surface area contributed by atoms with Gasteiger partial charge in [-0.1, -0.05) is 30.3 Å². The van der Waals surface area contributed by atoms with E-state index in [4.69, 9.17) is 18.9 Å². The van der Waals surface area contributed by atoms with Gasteiger partial charge in [0.05, 0.1) is 38.8 Å². The molecule has 1 fully saturated rings. The molecule has 2 heterocycles. The summed E-state index contributed by atoms with van der Waals surface area (Å²) in [6.45, 7) is 1.94. The number of hydrogen-bond donors (Lipinski definition) is 1. The Morgan fingerprint density at radius 1 is 1.16 bits per heavy atom. The summed E-state index contributed by atoms with van der Waals surface area (Å²) in [6.07, 6.45) is 3.13. The highest BCUT2D eigenvalue weighted by molar-refractivity contribution is 7.14. The van der Waals surface area contributed by atoms with E-state index in [1.54, 1.807) is 13.3 Å². The number of anilines is 1. The van der Waals surface area contributed by atoms with Crippen LogP contribution >= 0.6 is 11.3 Å². The van der Waals surface area contributed by atoms with Crippen molar-refractivity contribution in [2.24, 2.45) is 5.10 Å². The maximum Gasteiger partial charge on any atom is 0.203 e. The molecule has 1 aliphatic rings. The largest absolute Gasteiger partial charge is 0.493 e. The van der Waals surface area contributed by atoms with Crippen LogP contribution in [0, 0.1) is 0 Å². The first-order valence-corrected chi connectivity index (χ1v) is 11.0. The zero-order valence-corrected chi connectivity index (χ0v) is 18.1. The molecule has 1 N–H and O–H groups in total. The van der Waals surface area contributed by atoms with E-state index in [-0.39, 0.29) is 6.29 Å². The molecule has 4 rings (SSSR count). The van der Waals surface area contributed by atoms with Crippen LogP contribution in [-0.4, -0.2) is 44.4 Å². The minimum Gasteiger partial charge on any atom is -0.493 e. The Bertz CT molecular complexity index is 987. The number of benzene rings is 2. The SMILES string of the molecule is COc1ccc(C=NNc2nc(-c3ccccc3)cs2)cc1OCCC1OCCCO1. The lowest BCUT2D eigenvalue weighted by molar-refractivity contribution is -0.183. The highest BCUT2D eigenvalue weighted by Gasteiger charge is 2.14. The Balaban J connectivity index is 1.34. The highest BCUT2D eigenvalue weighted by atomic mass is 32.1. The second-order valence-electron chi connectivity index (χ2n) is 6.85. The van der Waals surface area contributed by atoms with Gasteiger partial charge < -0.3 is 18.9 Å². The third kappa shape index (κ3) is 6.04. The molecule has 2 aromatic carbocycles. The monoisotopic (exact) mass is 439 g/mol. The summed E-state index contributed by atoms with van der Waals surface area (Å²) < 4.78 is 22.4. The fourth-order valence-corrected chi connectivity index (χ4v) is 3.75. The van der Waals surface area contributed by atoms with E-state index in [0.29, 0.717) is 24.5 Å². The summed E-state index contributed by atoms with van der Waals surface area (Å²) in [7, 11) is 1.62. The zero-order chi connectivity index (χ0) is 21.3. The molecule has 0 atom stereocenters. The normalized spacial score (nSPS) is 14.6. The summed E-state index contributed by atoms with van der Waals surface area (Å²) >= 11 is 1.51. The van der Waals surface area contributed by atoms with Crippen LogP contribution in [0.4, 0.5) is 5.13 Å². The van der Waals surface area contributed by atoms with Crippen LogP contribution < -0.4 is 14.9 Å². The number of thiazole rings is 1. The molecule has 0 aliphatic carbocycles. The number of hydrazone groups is 1. The summed E-state index contributed by atoms with van der Waals surface area (Å²) in [6, 6.07) is 15.7.